The van der Waals surface area contributed by atoms with Crippen LogP contribution in [0.4, 0.5) is 0 Å². The molecule has 1 N–H and O–H groups in total. The van der Waals surface area contributed by atoms with Gasteiger partial charge in [0.05, 0.1) is 0 Å². The average molecular weight is 209 g/mol. The lowest BCUT2D eigenvalue weighted by atomic mass is 9.75. The van der Waals surface area contributed by atoms with Gasteiger partial charge in [0.15, 0.2) is 0 Å². The summed E-state index contributed by atoms with van der Waals surface area (Å²) in [6, 6.07) is 0. The lowest BCUT2D eigenvalue weighted by Crippen LogP contribution is -2.34. The Balaban J connectivity index is 2.40. The molecule has 0 unspecified atom stereocenters. The molecular formula is C14H27N. The molecule has 1 heteroatoms. The Bertz CT molecular complexity index is 217. The normalized spacial score (nSPS) is 31.9. The molecule has 1 nitrogen and oxygen atoms in total. The topological polar surface area (TPSA) is 12.0 Å². The Morgan fingerprint density at radius 2 is 2.07 bits per heavy atom. The van der Waals surface area contributed by atoms with Crippen LogP contribution < -0.4 is 5.32 Å². The van der Waals surface area contributed by atoms with E-state index in [-0.39, 0.29) is 0 Å². The van der Waals surface area contributed by atoms with E-state index < -0.39 is 0 Å². The van der Waals surface area contributed by atoms with Crippen LogP contribution in [0, 0.1) is 23.7 Å². The van der Waals surface area contributed by atoms with E-state index >= 15 is 0 Å². The Hall–Kier alpha value is -0.300. The van der Waals surface area contributed by atoms with Gasteiger partial charge in [-0.3, -0.25) is 0 Å². The molecular weight excluding hydrogens is 182 g/mol. The number of allylic oxidation sites excluding steroid dienone is 2. The lowest BCUT2D eigenvalue weighted by Gasteiger charge is -2.33. The molecule has 0 fully saturated rings. The maximum Gasteiger partial charge on any atom is -0.00122 e. The number of rotatable bonds is 4. The fourth-order valence-electron chi connectivity index (χ4n) is 2.74. The van der Waals surface area contributed by atoms with Crippen LogP contribution in [0.3, 0.4) is 0 Å². The van der Waals surface area contributed by atoms with Gasteiger partial charge in [0.1, 0.15) is 0 Å². The van der Waals surface area contributed by atoms with Crippen molar-refractivity contribution in [2.75, 3.05) is 13.1 Å². The highest BCUT2D eigenvalue weighted by molar-refractivity contribution is 5.08. The first-order chi connectivity index (χ1) is 7.00. The van der Waals surface area contributed by atoms with Crippen LogP contribution in [0.15, 0.2) is 11.6 Å². The van der Waals surface area contributed by atoms with Gasteiger partial charge in [0.25, 0.3) is 0 Å². The molecule has 1 aliphatic rings. The molecule has 15 heavy (non-hydrogen) atoms. The van der Waals surface area contributed by atoms with Crippen molar-refractivity contribution in [3.63, 3.8) is 0 Å². The zero-order valence-electron chi connectivity index (χ0n) is 11.0. The molecule has 1 aliphatic carbocycles. The average Bonchev–Trinajstić information content (AvgIpc) is 2.08. The Morgan fingerprint density at radius 1 is 1.40 bits per heavy atom. The minimum absolute atomic E-state index is 0.744. The van der Waals surface area contributed by atoms with Crippen molar-refractivity contribution in [1.82, 2.24) is 5.32 Å². The van der Waals surface area contributed by atoms with Crippen LogP contribution in [0.2, 0.25) is 0 Å². The van der Waals surface area contributed by atoms with Crippen molar-refractivity contribution in [2.45, 2.75) is 41.0 Å². The molecule has 0 aromatic rings. The van der Waals surface area contributed by atoms with Gasteiger partial charge in [-0.1, -0.05) is 39.3 Å². The zero-order chi connectivity index (χ0) is 11.4. The van der Waals surface area contributed by atoms with Crippen LogP contribution in [0.1, 0.15) is 41.0 Å². The Morgan fingerprint density at radius 3 is 2.60 bits per heavy atom. The van der Waals surface area contributed by atoms with E-state index in [2.05, 4.69) is 46.0 Å². The van der Waals surface area contributed by atoms with Crippen LogP contribution in [-0.4, -0.2) is 13.1 Å². The highest BCUT2D eigenvalue weighted by atomic mass is 14.9. The molecule has 88 valence electrons. The molecule has 0 aliphatic heterocycles. The maximum atomic E-state index is 3.60. The van der Waals surface area contributed by atoms with Gasteiger partial charge < -0.3 is 5.32 Å². The molecule has 0 saturated heterocycles. The molecule has 0 spiro atoms. The van der Waals surface area contributed by atoms with Gasteiger partial charge in [-0.25, -0.2) is 0 Å². The fourth-order valence-corrected chi connectivity index (χ4v) is 2.74. The number of nitrogens with one attached hydrogen (secondary N) is 1. The molecule has 0 bridgehead atoms. The van der Waals surface area contributed by atoms with E-state index in [1.807, 2.05) is 0 Å². The summed E-state index contributed by atoms with van der Waals surface area (Å²) in [5.74, 6) is 3.17. The molecule has 0 saturated carbocycles. The summed E-state index contributed by atoms with van der Waals surface area (Å²) in [4.78, 5) is 0. The number of hydrogen-bond acceptors (Lipinski definition) is 1. The molecule has 0 heterocycles. The minimum atomic E-state index is 0.744. The van der Waals surface area contributed by atoms with Gasteiger partial charge in [-0.2, -0.15) is 0 Å². The van der Waals surface area contributed by atoms with Crippen LogP contribution >= 0.6 is 0 Å². The molecule has 0 radical (unpaired) electrons. The summed E-state index contributed by atoms with van der Waals surface area (Å²) in [7, 11) is 0. The molecule has 0 aromatic carbocycles. The quantitative estimate of drug-likeness (QED) is 0.699. The first kappa shape index (κ1) is 12.8. The van der Waals surface area contributed by atoms with Crippen LogP contribution in [-0.2, 0) is 0 Å². The van der Waals surface area contributed by atoms with Gasteiger partial charge in [0, 0.05) is 0 Å². The summed E-state index contributed by atoms with van der Waals surface area (Å²) in [6.07, 6.45) is 3.75. The SMILES string of the molecule is CC1=C[C@H](C)[C@H](CNCC(C)C)[C@H](C)C1. The summed E-state index contributed by atoms with van der Waals surface area (Å²) in [5, 5.41) is 3.60. The third-order valence-corrected chi connectivity index (χ3v) is 3.53. The first-order valence-electron chi connectivity index (χ1n) is 6.38. The lowest BCUT2D eigenvalue weighted by molar-refractivity contribution is 0.258. The Labute approximate surface area is 95.3 Å². The molecule has 3 atom stereocenters. The highest BCUT2D eigenvalue weighted by Gasteiger charge is 2.25. The number of hydrogen-bond donors (Lipinski definition) is 1. The maximum absolute atomic E-state index is 3.60. The molecule has 1 rings (SSSR count). The van der Waals surface area contributed by atoms with Gasteiger partial charge in [0.2, 0.25) is 0 Å². The third-order valence-electron chi connectivity index (χ3n) is 3.53. The van der Waals surface area contributed by atoms with E-state index in [0.29, 0.717) is 0 Å². The van der Waals surface area contributed by atoms with Gasteiger partial charge in [-0.05, 0) is 50.1 Å². The van der Waals surface area contributed by atoms with Crippen molar-refractivity contribution >= 4 is 0 Å². The second-order valence-corrected chi connectivity index (χ2v) is 5.77. The van der Waals surface area contributed by atoms with Crippen LogP contribution in [0.5, 0.6) is 0 Å². The van der Waals surface area contributed by atoms with E-state index in [9.17, 15) is 0 Å². The monoisotopic (exact) mass is 209 g/mol. The smallest absolute Gasteiger partial charge is 0.00122 e. The van der Waals surface area contributed by atoms with Crippen molar-refractivity contribution in [3.8, 4) is 0 Å². The summed E-state index contributed by atoms with van der Waals surface area (Å²) >= 11 is 0. The molecule has 0 aromatic heterocycles. The predicted octanol–water partition coefficient (Wildman–Crippen LogP) is 3.47. The zero-order valence-corrected chi connectivity index (χ0v) is 11.0. The largest absolute Gasteiger partial charge is 0.316 e. The summed E-state index contributed by atoms with van der Waals surface area (Å²) < 4.78 is 0. The predicted molar refractivity (Wildman–Crippen MR) is 67.9 cm³/mol. The van der Waals surface area contributed by atoms with Crippen molar-refractivity contribution in [1.29, 1.82) is 0 Å². The fraction of sp³-hybridized carbons (Fsp3) is 0.857. The second-order valence-electron chi connectivity index (χ2n) is 5.77. The Kier molecular flexibility index (Phi) is 4.85. The standard InChI is InChI=1S/C14H27N/c1-10(2)8-15-9-14-12(4)6-11(3)7-13(14)5/h6,10,12-15H,7-9H2,1-5H3/t12-,13+,14-/m0/s1. The van der Waals surface area contributed by atoms with Crippen molar-refractivity contribution < 1.29 is 0 Å². The van der Waals surface area contributed by atoms with Gasteiger partial charge >= 0.3 is 0 Å². The van der Waals surface area contributed by atoms with Crippen molar-refractivity contribution in [2.24, 2.45) is 23.7 Å². The third kappa shape index (κ3) is 3.98. The summed E-state index contributed by atoms with van der Waals surface area (Å²) in [5.41, 5.74) is 1.58. The van der Waals surface area contributed by atoms with E-state index in [1.54, 1.807) is 5.57 Å². The van der Waals surface area contributed by atoms with Crippen molar-refractivity contribution in [3.05, 3.63) is 11.6 Å². The first-order valence-corrected chi connectivity index (χ1v) is 6.38. The highest BCUT2D eigenvalue weighted by Crippen LogP contribution is 2.32. The van der Waals surface area contributed by atoms with E-state index in [0.717, 1.165) is 30.2 Å². The van der Waals surface area contributed by atoms with Gasteiger partial charge in [-0.15, -0.1) is 0 Å². The second kappa shape index (κ2) is 5.69. The molecule has 0 amide bonds. The van der Waals surface area contributed by atoms with E-state index in [4.69, 9.17) is 0 Å². The van der Waals surface area contributed by atoms with Crippen LogP contribution in [0.25, 0.3) is 0 Å². The van der Waals surface area contributed by atoms with E-state index in [1.165, 1.54) is 13.0 Å². The minimum Gasteiger partial charge on any atom is -0.316 e. The summed E-state index contributed by atoms with van der Waals surface area (Å²) in [6.45, 7) is 13.9.